The van der Waals surface area contributed by atoms with Gasteiger partial charge in [0.05, 0.1) is 10.7 Å². The summed E-state index contributed by atoms with van der Waals surface area (Å²) in [5.41, 5.74) is 6.91. The van der Waals surface area contributed by atoms with Crippen LogP contribution in [-0.4, -0.2) is 19.3 Å². The molecule has 0 heterocycles. The highest BCUT2D eigenvalue weighted by Crippen LogP contribution is 2.31. The first-order chi connectivity index (χ1) is 8.74. The number of halogens is 4. The minimum Gasteiger partial charge on any atom is -0.361 e. The monoisotopic (exact) mass is 294 g/mol. The Hall–Kier alpha value is -0.940. The highest BCUT2D eigenvalue weighted by Gasteiger charge is 2.31. The van der Waals surface area contributed by atoms with Crippen LogP contribution in [0.1, 0.15) is 31.9 Å². The third-order valence-electron chi connectivity index (χ3n) is 2.70. The average molecular weight is 295 g/mol. The van der Waals surface area contributed by atoms with E-state index in [1.54, 1.807) is 25.1 Å². The van der Waals surface area contributed by atoms with Crippen molar-refractivity contribution in [3.8, 4) is 0 Å². The average Bonchev–Trinajstić information content (AvgIpc) is 2.26. The Morgan fingerprint density at radius 2 is 2.00 bits per heavy atom. The van der Waals surface area contributed by atoms with Gasteiger partial charge in [-0.1, -0.05) is 24.6 Å². The van der Waals surface area contributed by atoms with Crippen molar-refractivity contribution in [1.29, 1.82) is 0 Å². The van der Waals surface area contributed by atoms with Crippen molar-refractivity contribution in [3.63, 3.8) is 0 Å². The Labute approximate surface area is 116 Å². The van der Waals surface area contributed by atoms with Gasteiger partial charge in [-0.05, 0) is 31.0 Å². The SMILES string of the molecule is CCCN(CC(F)(F)F)c1ccc(C(C)N)cc1Cl. The molecule has 0 aliphatic carbocycles. The number of hydrogen-bond acceptors (Lipinski definition) is 2. The molecule has 0 fully saturated rings. The van der Waals surface area contributed by atoms with E-state index in [0.29, 0.717) is 23.7 Å². The molecule has 0 spiro atoms. The van der Waals surface area contributed by atoms with Gasteiger partial charge in [0.15, 0.2) is 0 Å². The second-order valence-electron chi connectivity index (χ2n) is 4.54. The standard InChI is InChI=1S/C13H18ClF3N2/c1-3-6-19(8-13(15,16)17)12-5-4-10(9(2)18)7-11(12)14/h4-5,7,9H,3,6,8,18H2,1-2H3. The predicted molar refractivity (Wildman–Crippen MR) is 72.6 cm³/mol. The summed E-state index contributed by atoms with van der Waals surface area (Å²) in [7, 11) is 0. The number of nitrogens with two attached hydrogens (primary N) is 1. The van der Waals surface area contributed by atoms with Crippen LogP contribution in [-0.2, 0) is 0 Å². The summed E-state index contributed by atoms with van der Waals surface area (Å²) in [6.07, 6.45) is -3.64. The van der Waals surface area contributed by atoms with Gasteiger partial charge in [-0.2, -0.15) is 13.2 Å². The topological polar surface area (TPSA) is 29.3 Å². The molecule has 2 nitrogen and oxygen atoms in total. The lowest BCUT2D eigenvalue weighted by atomic mass is 10.1. The normalized spacial score (nSPS) is 13.4. The maximum absolute atomic E-state index is 12.5. The van der Waals surface area contributed by atoms with Crippen molar-refractivity contribution in [2.24, 2.45) is 5.73 Å². The van der Waals surface area contributed by atoms with E-state index < -0.39 is 12.7 Å². The Morgan fingerprint density at radius 1 is 1.37 bits per heavy atom. The van der Waals surface area contributed by atoms with E-state index in [1.165, 1.54) is 4.90 Å². The number of hydrogen-bond donors (Lipinski definition) is 1. The zero-order valence-electron chi connectivity index (χ0n) is 11.0. The third kappa shape index (κ3) is 4.91. The molecule has 1 unspecified atom stereocenters. The highest BCUT2D eigenvalue weighted by atomic mass is 35.5. The molecular weight excluding hydrogens is 277 g/mol. The summed E-state index contributed by atoms with van der Waals surface area (Å²) in [5, 5.41) is 0.299. The van der Waals surface area contributed by atoms with Gasteiger partial charge in [-0.25, -0.2) is 0 Å². The van der Waals surface area contributed by atoms with Crippen molar-refractivity contribution in [2.45, 2.75) is 32.5 Å². The molecule has 0 aliphatic heterocycles. The van der Waals surface area contributed by atoms with E-state index in [-0.39, 0.29) is 6.04 Å². The molecule has 1 rings (SSSR count). The van der Waals surface area contributed by atoms with Crippen molar-refractivity contribution in [3.05, 3.63) is 28.8 Å². The molecule has 2 N–H and O–H groups in total. The van der Waals surface area contributed by atoms with Crippen molar-refractivity contribution in [1.82, 2.24) is 0 Å². The molecule has 0 saturated heterocycles. The summed E-state index contributed by atoms with van der Waals surface area (Å²) >= 11 is 6.07. The summed E-state index contributed by atoms with van der Waals surface area (Å²) in [4.78, 5) is 1.24. The Kier molecular flexibility index (Phi) is 5.50. The smallest absolute Gasteiger partial charge is 0.361 e. The van der Waals surface area contributed by atoms with E-state index in [2.05, 4.69) is 0 Å². The van der Waals surface area contributed by atoms with Crippen LogP contribution in [0.25, 0.3) is 0 Å². The number of nitrogens with zero attached hydrogens (tertiary/aromatic N) is 1. The third-order valence-corrected chi connectivity index (χ3v) is 3.00. The molecule has 0 bridgehead atoms. The highest BCUT2D eigenvalue weighted by molar-refractivity contribution is 6.33. The second kappa shape index (κ2) is 6.48. The number of anilines is 1. The molecule has 0 aliphatic rings. The molecule has 1 aromatic rings. The van der Waals surface area contributed by atoms with Crippen molar-refractivity contribution < 1.29 is 13.2 Å². The summed E-state index contributed by atoms with van der Waals surface area (Å²) < 4.78 is 37.6. The van der Waals surface area contributed by atoms with E-state index in [4.69, 9.17) is 17.3 Å². The molecule has 1 atom stereocenters. The fourth-order valence-corrected chi connectivity index (χ4v) is 2.14. The molecule has 0 radical (unpaired) electrons. The van der Waals surface area contributed by atoms with E-state index >= 15 is 0 Å². The molecule has 0 aromatic heterocycles. The fraction of sp³-hybridized carbons (Fsp3) is 0.538. The number of alkyl halides is 3. The molecule has 19 heavy (non-hydrogen) atoms. The van der Waals surface area contributed by atoms with Gasteiger partial charge in [-0.15, -0.1) is 0 Å². The predicted octanol–water partition coefficient (Wildman–Crippen LogP) is 4.14. The first-order valence-electron chi connectivity index (χ1n) is 6.11. The Balaban J connectivity index is 3.02. The van der Waals surface area contributed by atoms with Crippen molar-refractivity contribution >= 4 is 17.3 Å². The van der Waals surface area contributed by atoms with Crippen LogP contribution in [0.2, 0.25) is 5.02 Å². The van der Waals surface area contributed by atoms with Crippen LogP contribution in [0.4, 0.5) is 18.9 Å². The van der Waals surface area contributed by atoms with Gasteiger partial charge in [0.1, 0.15) is 6.54 Å². The molecular formula is C13H18ClF3N2. The minimum absolute atomic E-state index is 0.200. The maximum Gasteiger partial charge on any atom is 0.405 e. The van der Waals surface area contributed by atoms with Gasteiger partial charge in [0.25, 0.3) is 0 Å². The maximum atomic E-state index is 12.5. The molecule has 108 valence electrons. The van der Waals surface area contributed by atoms with E-state index in [9.17, 15) is 13.2 Å². The fourth-order valence-electron chi connectivity index (χ4n) is 1.83. The second-order valence-corrected chi connectivity index (χ2v) is 4.94. The Bertz CT molecular complexity index is 419. The number of rotatable bonds is 5. The quantitative estimate of drug-likeness (QED) is 0.884. The van der Waals surface area contributed by atoms with Gasteiger partial charge in [0, 0.05) is 12.6 Å². The zero-order valence-corrected chi connectivity index (χ0v) is 11.7. The van der Waals surface area contributed by atoms with Crippen LogP contribution in [0.5, 0.6) is 0 Å². The van der Waals surface area contributed by atoms with Crippen LogP contribution >= 0.6 is 11.6 Å². The molecule has 1 aromatic carbocycles. The van der Waals surface area contributed by atoms with Crippen LogP contribution < -0.4 is 10.6 Å². The Morgan fingerprint density at radius 3 is 2.42 bits per heavy atom. The lowest BCUT2D eigenvalue weighted by Crippen LogP contribution is -2.35. The zero-order chi connectivity index (χ0) is 14.6. The van der Waals surface area contributed by atoms with Crippen LogP contribution in [0.3, 0.4) is 0 Å². The van der Waals surface area contributed by atoms with Gasteiger partial charge >= 0.3 is 6.18 Å². The van der Waals surface area contributed by atoms with Gasteiger partial charge in [-0.3, -0.25) is 0 Å². The van der Waals surface area contributed by atoms with Gasteiger partial charge < -0.3 is 10.6 Å². The lowest BCUT2D eigenvalue weighted by molar-refractivity contribution is -0.119. The first kappa shape index (κ1) is 16.1. The largest absolute Gasteiger partial charge is 0.405 e. The molecule has 6 heteroatoms. The summed E-state index contributed by atoms with van der Waals surface area (Å²) in [6, 6.07) is 4.74. The summed E-state index contributed by atoms with van der Waals surface area (Å²) in [5.74, 6) is 0. The lowest BCUT2D eigenvalue weighted by Gasteiger charge is -2.27. The summed E-state index contributed by atoms with van der Waals surface area (Å²) in [6.45, 7) is 2.92. The van der Waals surface area contributed by atoms with Crippen LogP contribution in [0, 0.1) is 0 Å². The van der Waals surface area contributed by atoms with E-state index in [1.807, 2.05) is 6.92 Å². The first-order valence-corrected chi connectivity index (χ1v) is 6.49. The minimum atomic E-state index is -4.25. The molecule has 0 amide bonds. The van der Waals surface area contributed by atoms with Crippen LogP contribution in [0.15, 0.2) is 18.2 Å². The molecule has 0 saturated carbocycles. The van der Waals surface area contributed by atoms with Crippen molar-refractivity contribution in [2.75, 3.05) is 18.0 Å². The number of benzene rings is 1. The van der Waals surface area contributed by atoms with E-state index in [0.717, 1.165) is 5.56 Å². The van der Waals surface area contributed by atoms with Gasteiger partial charge in [0.2, 0.25) is 0 Å².